The summed E-state index contributed by atoms with van der Waals surface area (Å²) in [6.07, 6.45) is 0.912. The van der Waals surface area contributed by atoms with Crippen molar-refractivity contribution >= 4 is 40.7 Å². The Hall–Kier alpha value is -1.99. The number of hydrogen-bond acceptors (Lipinski definition) is 4. The van der Waals surface area contributed by atoms with Crippen LogP contribution in [0.2, 0.25) is 10.0 Å². The van der Waals surface area contributed by atoms with Gasteiger partial charge in [0.1, 0.15) is 11.9 Å². The number of imide groups is 1. The number of nitrogens with zero attached hydrogens (tertiary/aromatic N) is 3. The number of carbonyl (C=O) groups excluding carboxylic acids is 2. The predicted octanol–water partition coefficient (Wildman–Crippen LogP) is 3.67. The summed E-state index contributed by atoms with van der Waals surface area (Å²) < 4.78 is 13.4. The molecule has 0 saturated carbocycles. The van der Waals surface area contributed by atoms with Crippen LogP contribution in [0, 0.1) is 11.7 Å². The van der Waals surface area contributed by atoms with E-state index in [-0.39, 0.29) is 28.7 Å². The predicted molar refractivity (Wildman–Crippen MR) is 103 cm³/mol. The maximum Gasteiger partial charge on any atom is 0.253 e. The SMILES string of the molecule is O=C1[C@H]2[C@@H](C(=O)N1c1ccc(Cl)c(Cl)c1)N1CCCN1[C@@H]2c1ccc(F)cc1. The molecule has 3 atom stereocenters. The van der Waals surface area contributed by atoms with Crippen LogP contribution in [0.5, 0.6) is 0 Å². The summed E-state index contributed by atoms with van der Waals surface area (Å²) in [6, 6.07) is 10.1. The van der Waals surface area contributed by atoms with Crippen LogP contribution >= 0.6 is 23.2 Å². The van der Waals surface area contributed by atoms with Crippen LogP contribution in [-0.4, -0.2) is 41.0 Å². The van der Waals surface area contributed by atoms with E-state index in [0.29, 0.717) is 17.3 Å². The van der Waals surface area contributed by atoms with E-state index in [1.54, 1.807) is 24.3 Å². The highest BCUT2D eigenvalue weighted by atomic mass is 35.5. The maximum absolute atomic E-state index is 13.4. The van der Waals surface area contributed by atoms with E-state index < -0.39 is 12.0 Å². The Bertz CT molecular complexity index is 984. The first-order chi connectivity index (χ1) is 13.5. The van der Waals surface area contributed by atoms with Crippen LogP contribution in [-0.2, 0) is 9.59 Å². The number of rotatable bonds is 2. The molecule has 3 heterocycles. The first kappa shape index (κ1) is 18.1. The molecular weight excluding hydrogens is 404 g/mol. The number of anilines is 1. The molecule has 0 spiro atoms. The van der Waals surface area contributed by atoms with Gasteiger partial charge in [-0.3, -0.25) is 9.59 Å². The van der Waals surface area contributed by atoms with Crippen molar-refractivity contribution in [1.29, 1.82) is 0 Å². The molecular formula is C20H16Cl2FN3O2. The van der Waals surface area contributed by atoms with Gasteiger partial charge in [-0.15, -0.1) is 0 Å². The van der Waals surface area contributed by atoms with Crippen LogP contribution in [0.4, 0.5) is 10.1 Å². The highest BCUT2D eigenvalue weighted by Crippen LogP contribution is 2.49. The van der Waals surface area contributed by atoms with E-state index in [2.05, 4.69) is 5.01 Å². The molecule has 3 aliphatic rings. The quantitative estimate of drug-likeness (QED) is 0.696. The van der Waals surface area contributed by atoms with Gasteiger partial charge in [-0.25, -0.2) is 19.3 Å². The first-order valence-electron chi connectivity index (χ1n) is 9.09. The highest BCUT2D eigenvalue weighted by molar-refractivity contribution is 6.42. The van der Waals surface area contributed by atoms with Crippen molar-refractivity contribution in [2.75, 3.05) is 18.0 Å². The fraction of sp³-hybridized carbons (Fsp3) is 0.300. The summed E-state index contributed by atoms with van der Waals surface area (Å²) in [4.78, 5) is 27.9. The molecule has 3 saturated heterocycles. The van der Waals surface area contributed by atoms with Crippen LogP contribution < -0.4 is 4.90 Å². The van der Waals surface area contributed by atoms with Gasteiger partial charge >= 0.3 is 0 Å². The van der Waals surface area contributed by atoms with Gasteiger partial charge in [0.15, 0.2) is 0 Å². The van der Waals surface area contributed by atoms with Gasteiger partial charge in [0, 0.05) is 13.1 Å². The highest BCUT2D eigenvalue weighted by Gasteiger charge is 2.62. The molecule has 0 N–H and O–H groups in total. The Balaban J connectivity index is 1.58. The van der Waals surface area contributed by atoms with E-state index in [0.717, 1.165) is 18.5 Å². The summed E-state index contributed by atoms with van der Waals surface area (Å²) in [6.45, 7) is 1.48. The summed E-state index contributed by atoms with van der Waals surface area (Å²) in [5.41, 5.74) is 1.25. The second-order valence-corrected chi connectivity index (χ2v) is 8.07. The third kappa shape index (κ3) is 2.52. The number of amides is 2. The summed E-state index contributed by atoms with van der Waals surface area (Å²) in [5, 5.41) is 4.73. The summed E-state index contributed by atoms with van der Waals surface area (Å²) >= 11 is 12.1. The Morgan fingerprint density at radius 1 is 0.857 bits per heavy atom. The molecule has 144 valence electrons. The fourth-order valence-corrected chi connectivity index (χ4v) is 4.94. The van der Waals surface area contributed by atoms with Crippen molar-refractivity contribution in [2.45, 2.75) is 18.5 Å². The molecule has 2 aromatic carbocycles. The second kappa shape index (κ2) is 6.52. The van der Waals surface area contributed by atoms with Crippen molar-refractivity contribution in [1.82, 2.24) is 10.0 Å². The van der Waals surface area contributed by atoms with Gasteiger partial charge in [-0.05, 0) is 42.3 Å². The smallest absolute Gasteiger partial charge is 0.253 e. The van der Waals surface area contributed by atoms with Crippen LogP contribution in [0.25, 0.3) is 0 Å². The molecule has 3 fully saturated rings. The monoisotopic (exact) mass is 419 g/mol. The molecule has 2 aromatic rings. The third-order valence-corrected chi connectivity index (χ3v) is 6.52. The fourth-order valence-electron chi connectivity index (χ4n) is 4.65. The van der Waals surface area contributed by atoms with Gasteiger partial charge in [-0.1, -0.05) is 35.3 Å². The van der Waals surface area contributed by atoms with E-state index >= 15 is 0 Å². The maximum atomic E-state index is 13.4. The zero-order valence-corrected chi connectivity index (χ0v) is 16.2. The van der Waals surface area contributed by atoms with E-state index in [1.807, 2.05) is 5.01 Å². The minimum Gasteiger partial charge on any atom is -0.274 e. The lowest BCUT2D eigenvalue weighted by Crippen LogP contribution is -2.44. The van der Waals surface area contributed by atoms with E-state index in [9.17, 15) is 14.0 Å². The number of carbonyl (C=O) groups is 2. The van der Waals surface area contributed by atoms with Crippen molar-refractivity contribution in [3.05, 3.63) is 63.9 Å². The molecule has 0 radical (unpaired) electrons. The van der Waals surface area contributed by atoms with Gasteiger partial charge in [0.25, 0.3) is 5.91 Å². The van der Waals surface area contributed by atoms with Gasteiger partial charge in [0.2, 0.25) is 5.91 Å². The van der Waals surface area contributed by atoms with Crippen LogP contribution in [0.3, 0.4) is 0 Å². The lowest BCUT2D eigenvalue weighted by molar-refractivity contribution is -0.126. The normalized spacial score (nSPS) is 27.5. The van der Waals surface area contributed by atoms with Crippen LogP contribution in [0.15, 0.2) is 42.5 Å². The molecule has 0 aromatic heterocycles. The number of benzene rings is 2. The van der Waals surface area contributed by atoms with E-state index in [4.69, 9.17) is 23.2 Å². The average molecular weight is 420 g/mol. The average Bonchev–Trinajstić information content (AvgIpc) is 3.31. The topological polar surface area (TPSA) is 43.9 Å². The number of hydrogen-bond donors (Lipinski definition) is 0. The lowest BCUT2D eigenvalue weighted by Gasteiger charge is -2.29. The van der Waals surface area contributed by atoms with Crippen molar-refractivity contribution in [3.63, 3.8) is 0 Å². The second-order valence-electron chi connectivity index (χ2n) is 7.26. The van der Waals surface area contributed by atoms with Crippen molar-refractivity contribution < 1.29 is 14.0 Å². The van der Waals surface area contributed by atoms with Crippen LogP contribution in [0.1, 0.15) is 18.0 Å². The van der Waals surface area contributed by atoms with Gasteiger partial charge in [-0.2, -0.15) is 0 Å². The molecule has 0 aliphatic carbocycles. The molecule has 3 aliphatic heterocycles. The van der Waals surface area contributed by atoms with Crippen molar-refractivity contribution in [3.8, 4) is 0 Å². The molecule has 5 nitrogen and oxygen atoms in total. The van der Waals surface area contributed by atoms with Gasteiger partial charge < -0.3 is 0 Å². The number of halogens is 3. The Labute approximate surface area is 171 Å². The third-order valence-electron chi connectivity index (χ3n) is 5.78. The lowest BCUT2D eigenvalue weighted by atomic mass is 9.90. The standard InChI is InChI=1S/C20H16Cl2FN3O2/c21-14-7-6-13(10-15(14)22)26-19(27)16-17(11-2-4-12(23)5-3-11)24-8-1-9-25(24)18(16)20(26)28/h2-7,10,16-18H,1,8-9H2/t16-,17-,18+/m1/s1. The summed E-state index contributed by atoms with van der Waals surface area (Å²) in [7, 11) is 0. The molecule has 8 heteroatoms. The zero-order chi connectivity index (χ0) is 19.6. The summed E-state index contributed by atoms with van der Waals surface area (Å²) in [5.74, 6) is -1.41. The molecule has 0 bridgehead atoms. The molecule has 0 unspecified atom stereocenters. The first-order valence-corrected chi connectivity index (χ1v) is 9.84. The Morgan fingerprint density at radius 2 is 1.54 bits per heavy atom. The minimum atomic E-state index is -0.556. The molecule has 28 heavy (non-hydrogen) atoms. The van der Waals surface area contributed by atoms with Crippen molar-refractivity contribution in [2.24, 2.45) is 5.92 Å². The number of hydrazine groups is 1. The largest absolute Gasteiger partial charge is 0.274 e. The molecule has 5 rings (SSSR count). The molecule has 2 amide bonds. The minimum absolute atomic E-state index is 0.259. The Morgan fingerprint density at radius 3 is 2.21 bits per heavy atom. The Kier molecular flexibility index (Phi) is 4.21. The van der Waals surface area contributed by atoms with E-state index in [1.165, 1.54) is 23.1 Å². The van der Waals surface area contributed by atoms with Gasteiger partial charge in [0.05, 0.1) is 27.7 Å². The zero-order valence-electron chi connectivity index (χ0n) is 14.7. The number of fused-ring (bicyclic) bond motifs is 3.